The SMILES string of the molecule is CCS(=O)(=O)c1nc2ccccc2[nH]1. The van der Waals surface area contributed by atoms with Gasteiger partial charge >= 0.3 is 0 Å². The highest BCUT2D eigenvalue weighted by atomic mass is 32.2. The third kappa shape index (κ3) is 1.39. The number of fused-ring (bicyclic) bond motifs is 1. The van der Waals surface area contributed by atoms with Gasteiger partial charge < -0.3 is 4.98 Å². The van der Waals surface area contributed by atoms with Gasteiger partial charge in [-0.1, -0.05) is 19.1 Å². The number of nitrogens with one attached hydrogen (secondary N) is 1. The van der Waals surface area contributed by atoms with Crippen LogP contribution in [0.4, 0.5) is 0 Å². The van der Waals surface area contributed by atoms with Gasteiger partial charge in [-0.25, -0.2) is 13.4 Å². The minimum atomic E-state index is -3.23. The van der Waals surface area contributed by atoms with Crippen molar-refractivity contribution < 1.29 is 8.42 Å². The Morgan fingerprint density at radius 3 is 2.71 bits per heavy atom. The molecule has 14 heavy (non-hydrogen) atoms. The van der Waals surface area contributed by atoms with Crippen LogP contribution in [0.2, 0.25) is 0 Å². The first-order chi connectivity index (χ1) is 6.63. The molecule has 0 aliphatic heterocycles. The molecule has 5 heteroatoms. The molecule has 0 saturated heterocycles. The van der Waals surface area contributed by atoms with Crippen LogP contribution in [0.1, 0.15) is 6.92 Å². The van der Waals surface area contributed by atoms with Gasteiger partial charge in [-0.2, -0.15) is 0 Å². The van der Waals surface area contributed by atoms with E-state index in [1.807, 2.05) is 12.1 Å². The number of rotatable bonds is 2. The summed E-state index contributed by atoms with van der Waals surface area (Å²) in [7, 11) is -3.23. The van der Waals surface area contributed by atoms with E-state index in [0.717, 1.165) is 5.52 Å². The lowest BCUT2D eigenvalue weighted by molar-refractivity contribution is 0.590. The van der Waals surface area contributed by atoms with Crippen molar-refractivity contribution in [3.05, 3.63) is 24.3 Å². The van der Waals surface area contributed by atoms with Crippen LogP contribution >= 0.6 is 0 Å². The van der Waals surface area contributed by atoms with Gasteiger partial charge in [-0.15, -0.1) is 0 Å². The molecule has 1 heterocycles. The van der Waals surface area contributed by atoms with Crippen molar-refractivity contribution in [1.82, 2.24) is 9.97 Å². The Labute approximate surface area is 81.9 Å². The second kappa shape index (κ2) is 3.09. The zero-order valence-electron chi connectivity index (χ0n) is 7.69. The quantitative estimate of drug-likeness (QED) is 0.814. The molecule has 1 N–H and O–H groups in total. The van der Waals surface area contributed by atoms with Crippen molar-refractivity contribution in [2.24, 2.45) is 0 Å². The smallest absolute Gasteiger partial charge is 0.226 e. The van der Waals surface area contributed by atoms with Gasteiger partial charge in [0.05, 0.1) is 16.8 Å². The molecule has 2 aromatic rings. The van der Waals surface area contributed by atoms with Crippen LogP contribution in [-0.4, -0.2) is 24.1 Å². The van der Waals surface area contributed by atoms with E-state index in [1.54, 1.807) is 19.1 Å². The molecule has 0 unspecified atom stereocenters. The Bertz CT molecular complexity index is 524. The maximum absolute atomic E-state index is 11.5. The number of aromatic nitrogens is 2. The van der Waals surface area contributed by atoms with Crippen molar-refractivity contribution in [2.45, 2.75) is 12.1 Å². The molecule has 0 aliphatic rings. The summed E-state index contributed by atoms with van der Waals surface area (Å²) in [5, 5.41) is 0.0567. The first kappa shape index (κ1) is 9.21. The van der Waals surface area contributed by atoms with Crippen LogP contribution < -0.4 is 0 Å². The fraction of sp³-hybridized carbons (Fsp3) is 0.222. The average Bonchev–Trinajstić information content (AvgIpc) is 2.61. The number of imidazole rings is 1. The molecule has 4 nitrogen and oxygen atoms in total. The van der Waals surface area contributed by atoms with Gasteiger partial charge in [-0.05, 0) is 12.1 Å². The second-order valence-electron chi connectivity index (χ2n) is 2.96. The number of aromatic amines is 1. The number of sulfone groups is 1. The normalized spacial score (nSPS) is 12.1. The molecule has 74 valence electrons. The van der Waals surface area contributed by atoms with Crippen LogP contribution in [0.25, 0.3) is 11.0 Å². The topological polar surface area (TPSA) is 62.8 Å². The van der Waals surface area contributed by atoms with Crippen molar-refractivity contribution in [3.8, 4) is 0 Å². The minimum absolute atomic E-state index is 0.0567. The lowest BCUT2D eigenvalue weighted by Crippen LogP contribution is -2.05. The number of para-hydroxylation sites is 2. The molecule has 0 radical (unpaired) electrons. The van der Waals surface area contributed by atoms with E-state index in [9.17, 15) is 8.42 Å². The van der Waals surface area contributed by atoms with E-state index in [1.165, 1.54) is 0 Å². The van der Waals surface area contributed by atoms with E-state index in [4.69, 9.17) is 0 Å². The van der Waals surface area contributed by atoms with Gasteiger partial charge in [0, 0.05) is 0 Å². The molecule has 0 aliphatic carbocycles. The second-order valence-corrected chi connectivity index (χ2v) is 5.16. The van der Waals surface area contributed by atoms with E-state index >= 15 is 0 Å². The fourth-order valence-corrected chi connectivity index (χ4v) is 1.99. The molecule has 0 saturated carbocycles. The van der Waals surface area contributed by atoms with E-state index < -0.39 is 9.84 Å². The highest BCUT2D eigenvalue weighted by Crippen LogP contribution is 2.14. The monoisotopic (exact) mass is 210 g/mol. The molecule has 1 aromatic heterocycles. The van der Waals surface area contributed by atoms with Crippen molar-refractivity contribution in [1.29, 1.82) is 0 Å². The molecular formula is C9H10N2O2S. The van der Waals surface area contributed by atoms with Gasteiger partial charge in [0.1, 0.15) is 0 Å². The highest BCUT2D eigenvalue weighted by Gasteiger charge is 2.15. The molecule has 0 atom stereocenters. The summed E-state index contributed by atoms with van der Waals surface area (Å²) < 4.78 is 23.0. The molecule has 2 rings (SSSR count). The predicted molar refractivity (Wildman–Crippen MR) is 53.8 cm³/mol. The van der Waals surface area contributed by atoms with Crippen LogP contribution in [-0.2, 0) is 9.84 Å². The number of nitrogens with zero attached hydrogens (tertiary/aromatic N) is 1. The number of H-pyrrole nitrogens is 1. The van der Waals surface area contributed by atoms with Gasteiger partial charge in [0.25, 0.3) is 0 Å². The summed E-state index contributed by atoms with van der Waals surface area (Å²) in [6, 6.07) is 7.24. The van der Waals surface area contributed by atoms with E-state index in [0.29, 0.717) is 5.52 Å². The predicted octanol–water partition coefficient (Wildman–Crippen LogP) is 1.36. The van der Waals surface area contributed by atoms with Crippen molar-refractivity contribution in [2.75, 3.05) is 5.75 Å². The summed E-state index contributed by atoms with van der Waals surface area (Å²) in [5.41, 5.74) is 1.43. The standard InChI is InChI=1S/C9H10N2O2S/c1-2-14(12,13)9-10-7-5-3-4-6-8(7)11-9/h3-6H,2H2,1H3,(H,10,11). The Morgan fingerprint density at radius 2 is 2.07 bits per heavy atom. The third-order valence-corrected chi connectivity index (χ3v) is 3.58. The van der Waals surface area contributed by atoms with Gasteiger partial charge in [-0.3, -0.25) is 0 Å². The van der Waals surface area contributed by atoms with Crippen molar-refractivity contribution in [3.63, 3.8) is 0 Å². The maximum atomic E-state index is 11.5. The van der Waals surface area contributed by atoms with Crippen LogP contribution in [0.3, 0.4) is 0 Å². The highest BCUT2D eigenvalue weighted by molar-refractivity contribution is 7.91. The van der Waals surface area contributed by atoms with Crippen LogP contribution in [0, 0.1) is 0 Å². The Hall–Kier alpha value is -1.36. The summed E-state index contributed by atoms with van der Waals surface area (Å²) in [6.07, 6.45) is 0. The van der Waals surface area contributed by atoms with E-state index in [-0.39, 0.29) is 10.9 Å². The molecule has 1 aromatic carbocycles. The number of benzene rings is 1. The summed E-state index contributed by atoms with van der Waals surface area (Å²) >= 11 is 0. The van der Waals surface area contributed by atoms with Crippen LogP contribution in [0.5, 0.6) is 0 Å². The molecule has 0 bridgehead atoms. The Morgan fingerprint density at radius 1 is 1.36 bits per heavy atom. The maximum Gasteiger partial charge on any atom is 0.226 e. The number of hydrogen-bond acceptors (Lipinski definition) is 3. The molecule has 0 spiro atoms. The van der Waals surface area contributed by atoms with Crippen LogP contribution in [0.15, 0.2) is 29.4 Å². The lowest BCUT2D eigenvalue weighted by Gasteiger charge is -1.92. The summed E-state index contributed by atoms with van der Waals surface area (Å²) in [6.45, 7) is 1.60. The minimum Gasteiger partial charge on any atom is -0.329 e. The lowest BCUT2D eigenvalue weighted by atomic mass is 10.3. The molecule has 0 fully saturated rings. The largest absolute Gasteiger partial charge is 0.329 e. The zero-order valence-corrected chi connectivity index (χ0v) is 8.50. The third-order valence-electron chi connectivity index (χ3n) is 2.04. The fourth-order valence-electron chi connectivity index (χ4n) is 1.21. The summed E-state index contributed by atoms with van der Waals surface area (Å²) in [4.78, 5) is 6.80. The van der Waals surface area contributed by atoms with E-state index in [2.05, 4.69) is 9.97 Å². The molecule has 0 amide bonds. The molecular weight excluding hydrogens is 200 g/mol. The first-order valence-corrected chi connectivity index (χ1v) is 5.96. The Kier molecular flexibility index (Phi) is 2.03. The van der Waals surface area contributed by atoms with Gasteiger partial charge in [0.2, 0.25) is 15.0 Å². The first-order valence-electron chi connectivity index (χ1n) is 4.31. The number of hydrogen-bond donors (Lipinski definition) is 1. The van der Waals surface area contributed by atoms with Gasteiger partial charge in [0.15, 0.2) is 0 Å². The Balaban J connectivity index is 2.67. The van der Waals surface area contributed by atoms with Crippen molar-refractivity contribution >= 4 is 20.9 Å². The average molecular weight is 210 g/mol. The zero-order chi connectivity index (χ0) is 10.2. The summed E-state index contributed by atoms with van der Waals surface area (Å²) in [5.74, 6) is 0.0623.